The Kier molecular flexibility index (Phi) is 6.15. The summed E-state index contributed by atoms with van der Waals surface area (Å²) < 4.78 is 3.36. The molecule has 0 radical (unpaired) electrons. The summed E-state index contributed by atoms with van der Waals surface area (Å²) in [5, 5.41) is 19.2. The lowest BCUT2D eigenvalue weighted by Gasteiger charge is -2.20. The first-order valence-corrected chi connectivity index (χ1v) is 11.4. The van der Waals surface area contributed by atoms with E-state index in [1.54, 1.807) is 18.2 Å². The van der Waals surface area contributed by atoms with Crippen molar-refractivity contribution in [1.82, 2.24) is 19.7 Å². The standard InChI is InChI=1S/C28H23N5O3/c1-31-17-9-16-25(31)24-19-26(32(30-24)22-14-8-15-23(18-22)33(35)36)28(34)29-27(20-10-4-2-5-11-20)21-12-6-3-7-13-21/h2-19,27H,1H3,(H,29,34). The Hall–Kier alpha value is -4.98. The molecule has 0 aliphatic heterocycles. The predicted molar refractivity (Wildman–Crippen MR) is 137 cm³/mol. The molecule has 36 heavy (non-hydrogen) atoms. The number of hydrogen-bond donors (Lipinski definition) is 1. The third-order valence-corrected chi connectivity index (χ3v) is 5.97. The zero-order valence-corrected chi connectivity index (χ0v) is 19.5. The predicted octanol–water partition coefficient (Wildman–Crippen LogP) is 5.31. The average Bonchev–Trinajstić information content (AvgIpc) is 3.54. The van der Waals surface area contributed by atoms with E-state index < -0.39 is 11.0 Å². The van der Waals surface area contributed by atoms with Gasteiger partial charge in [0.05, 0.1) is 22.3 Å². The average molecular weight is 478 g/mol. The Morgan fingerprint density at radius 2 is 1.56 bits per heavy atom. The summed E-state index contributed by atoms with van der Waals surface area (Å²) in [6.07, 6.45) is 1.89. The third kappa shape index (κ3) is 4.52. The van der Waals surface area contributed by atoms with Gasteiger partial charge in [-0.1, -0.05) is 66.7 Å². The maximum Gasteiger partial charge on any atom is 0.271 e. The van der Waals surface area contributed by atoms with Crippen molar-refractivity contribution in [2.45, 2.75) is 6.04 Å². The zero-order valence-electron chi connectivity index (χ0n) is 19.5. The molecule has 1 amide bonds. The third-order valence-electron chi connectivity index (χ3n) is 5.97. The highest BCUT2D eigenvalue weighted by Gasteiger charge is 2.23. The monoisotopic (exact) mass is 477 g/mol. The topological polar surface area (TPSA) is 95.0 Å². The number of rotatable bonds is 7. The zero-order chi connectivity index (χ0) is 25.1. The summed E-state index contributed by atoms with van der Waals surface area (Å²) in [4.78, 5) is 24.7. The molecule has 2 heterocycles. The van der Waals surface area contributed by atoms with Crippen LogP contribution >= 0.6 is 0 Å². The molecular formula is C28H23N5O3. The SMILES string of the molecule is Cn1cccc1-c1cc(C(=O)NC(c2ccccc2)c2ccccc2)n(-c2cccc([N+](=O)[O-])c2)n1. The Bertz CT molecular complexity index is 1480. The fourth-order valence-corrected chi connectivity index (χ4v) is 4.19. The fourth-order valence-electron chi connectivity index (χ4n) is 4.19. The minimum Gasteiger partial charge on any atom is -0.349 e. The molecule has 0 spiro atoms. The van der Waals surface area contributed by atoms with Gasteiger partial charge in [-0.05, 0) is 35.4 Å². The van der Waals surface area contributed by atoms with Crippen LogP contribution in [-0.2, 0) is 7.05 Å². The maximum atomic E-state index is 13.8. The van der Waals surface area contributed by atoms with Crippen molar-refractivity contribution in [3.8, 4) is 17.1 Å². The van der Waals surface area contributed by atoms with Crippen LogP contribution in [0.3, 0.4) is 0 Å². The number of nitrogens with zero attached hydrogens (tertiary/aromatic N) is 4. The van der Waals surface area contributed by atoms with Crippen molar-refractivity contribution in [2.75, 3.05) is 0 Å². The molecule has 5 aromatic rings. The first-order chi connectivity index (χ1) is 17.5. The fraction of sp³-hybridized carbons (Fsp3) is 0.0714. The number of carbonyl (C=O) groups excluding carboxylic acids is 1. The Balaban J connectivity index is 1.60. The molecule has 0 atom stereocenters. The number of aryl methyl sites for hydroxylation is 1. The van der Waals surface area contributed by atoms with Crippen LogP contribution in [-0.4, -0.2) is 25.2 Å². The second-order valence-electron chi connectivity index (χ2n) is 8.34. The van der Waals surface area contributed by atoms with Crippen LogP contribution in [0.25, 0.3) is 17.1 Å². The molecule has 2 aromatic heterocycles. The highest BCUT2D eigenvalue weighted by Crippen LogP contribution is 2.26. The number of carbonyl (C=O) groups is 1. The smallest absolute Gasteiger partial charge is 0.271 e. The lowest BCUT2D eigenvalue weighted by molar-refractivity contribution is -0.384. The number of nitrogens with one attached hydrogen (secondary N) is 1. The van der Waals surface area contributed by atoms with E-state index in [4.69, 9.17) is 0 Å². The van der Waals surface area contributed by atoms with E-state index in [2.05, 4.69) is 10.4 Å². The van der Waals surface area contributed by atoms with E-state index in [1.165, 1.54) is 16.8 Å². The first-order valence-electron chi connectivity index (χ1n) is 11.4. The summed E-state index contributed by atoms with van der Waals surface area (Å²) in [6, 6.07) is 30.6. The summed E-state index contributed by atoms with van der Waals surface area (Å²) >= 11 is 0. The first kappa shape index (κ1) is 22.8. The van der Waals surface area contributed by atoms with Gasteiger partial charge in [0.2, 0.25) is 0 Å². The number of nitro groups is 1. The number of hydrogen-bond acceptors (Lipinski definition) is 4. The molecule has 3 aromatic carbocycles. The van der Waals surface area contributed by atoms with Crippen molar-refractivity contribution in [1.29, 1.82) is 0 Å². The maximum absolute atomic E-state index is 13.8. The van der Waals surface area contributed by atoms with E-state index in [1.807, 2.05) is 90.6 Å². The largest absolute Gasteiger partial charge is 0.349 e. The molecule has 8 nitrogen and oxygen atoms in total. The molecular weight excluding hydrogens is 454 g/mol. The van der Waals surface area contributed by atoms with Crippen LogP contribution in [0, 0.1) is 10.1 Å². The van der Waals surface area contributed by atoms with Gasteiger partial charge in [0.15, 0.2) is 0 Å². The normalized spacial score (nSPS) is 10.9. The van der Waals surface area contributed by atoms with Crippen molar-refractivity contribution in [2.24, 2.45) is 7.05 Å². The molecule has 0 unspecified atom stereocenters. The number of amides is 1. The Morgan fingerprint density at radius 3 is 2.14 bits per heavy atom. The van der Waals surface area contributed by atoms with Gasteiger partial charge in [-0.2, -0.15) is 5.10 Å². The Morgan fingerprint density at radius 1 is 0.889 bits per heavy atom. The molecule has 178 valence electrons. The van der Waals surface area contributed by atoms with Gasteiger partial charge in [0.1, 0.15) is 11.4 Å². The van der Waals surface area contributed by atoms with Crippen LogP contribution in [0.15, 0.2) is 109 Å². The van der Waals surface area contributed by atoms with Crippen LogP contribution in [0.2, 0.25) is 0 Å². The lowest BCUT2D eigenvalue weighted by Crippen LogP contribution is -2.31. The van der Waals surface area contributed by atoms with Gasteiger partial charge in [-0.15, -0.1) is 0 Å². The number of aromatic nitrogens is 3. The van der Waals surface area contributed by atoms with Gasteiger partial charge in [-0.25, -0.2) is 4.68 Å². The van der Waals surface area contributed by atoms with Crippen molar-refractivity contribution < 1.29 is 9.72 Å². The lowest BCUT2D eigenvalue weighted by atomic mass is 9.98. The van der Waals surface area contributed by atoms with Crippen LogP contribution in [0.4, 0.5) is 5.69 Å². The second-order valence-corrected chi connectivity index (χ2v) is 8.34. The van der Waals surface area contributed by atoms with Crippen LogP contribution in [0.1, 0.15) is 27.7 Å². The van der Waals surface area contributed by atoms with E-state index in [-0.39, 0.29) is 17.3 Å². The quantitative estimate of drug-likeness (QED) is 0.254. The summed E-state index contributed by atoms with van der Waals surface area (Å²) in [7, 11) is 1.89. The minimum atomic E-state index is -0.467. The highest BCUT2D eigenvalue weighted by molar-refractivity contribution is 5.95. The Labute approximate surface area is 207 Å². The van der Waals surface area contributed by atoms with E-state index in [0.717, 1.165) is 16.8 Å². The minimum absolute atomic E-state index is 0.0822. The molecule has 8 heteroatoms. The molecule has 1 N–H and O–H groups in total. The highest BCUT2D eigenvalue weighted by atomic mass is 16.6. The molecule has 0 saturated carbocycles. The van der Waals surface area contributed by atoms with Gasteiger partial charge >= 0.3 is 0 Å². The number of nitro benzene ring substituents is 1. The van der Waals surface area contributed by atoms with Crippen molar-refractivity contribution >= 4 is 11.6 Å². The molecule has 0 aliphatic rings. The summed E-state index contributed by atoms with van der Waals surface area (Å²) in [5.74, 6) is -0.354. The second kappa shape index (κ2) is 9.71. The van der Waals surface area contributed by atoms with Gasteiger partial charge < -0.3 is 9.88 Å². The van der Waals surface area contributed by atoms with Crippen molar-refractivity contribution in [3.63, 3.8) is 0 Å². The van der Waals surface area contributed by atoms with E-state index in [0.29, 0.717) is 11.4 Å². The van der Waals surface area contributed by atoms with Crippen LogP contribution < -0.4 is 5.32 Å². The summed E-state index contributed by atoms with van der Waals surface area (Å²) in [6.45, 7) is 0. The van der Waals surface area contributed by atoms with Crippen LogP contribution in [0.5, 0.6) is 0 Å². The number of non-ortho nitro benzene ring substituents is 1. The summed E-state index contributed by atoms with van der Waals surface area (Å²) in [5.41, 5.74) is 3.86. The molecule has 0 bridgehead atoms. The van der Waals surface area contributed by atoms with E-state index in [9.17, 15) is 14.9 Å². The molecule has 0 aliphatic carbocycles. The number of benzene rings is 3. The van der Waals surface area contributed by atoms with Gasteiger partial charge in [0, 0.05) is 25.4 Å². The van der Waals surface area contributed by atoms with Gasteiger partial charge in [-0.3, -0.25) is 14.9 Å². The van der Waals surface area contributed by atoms with Crippen molar-refractivity contribution in [3.05, 3.63) is 136 Å². The molecule has 0 fully saturated rings. The van der Waals surface area contributed by atoms with E-state index >= 15 is 0 Å². The van der Waals surface area contributed by atoms with Gasteiger partial charge in [0.25, 0.3) is 11.6 Å². The molecule has 5 rings (SSSR count). The molecule has 0 saturated heterocycles.